The molecule has 12 N–H and O–H groups in total. The smallest absolute Gasteiger partial charge is 0.0311 e. The van der Waals surface area contributed by atoms with Gasteiger partial charge < -0.3 is 36.7 Å². The molecule has 0 amide bonds. The molecule has 0 aliphatic heterocycles. The van der Waals surface area contributed by atoms with Crippen LogP contribution < -0.4 is 18.5 Å². The molecule has 0 unspecified atom stereocenters. The summed E-state index contributed by atoms with van der Waals surface area (Å²) in [7, 11) is -10.3. The molecule has 0 aliphatic rings. The van der Waals surface area contributed by atoms with Crippen LogP contribution >= 0.6 is 0 Å². The number of rotatable bonds is 0. The number of hydrogen-bond acceptors (Lipinski definition) is 8. The van der Waals surface area contributed by atoms with Crippen molar-refractivity contribution < 1.29 is 35.0 Å². The minimum absolute atomic E-state index is 0. The van der Waals surface area contributed by atoms with Gasteiger partial charge in [0.1, 0.15) is 0 Å². The highest BCUT2D eigenvalue weighted by molar-refractivity contribution is 7.79. The summed E-state index contributed by atoms with van der Waals surface area (Å²) in [6.45, 7) is 0. The molecule has 0 radical (unpaired) electrons. The zero-order valence-corrected chi connectivity index (χ0v) is 8.72. The topological polar surface area (TPSA) is 270 Å². The van der Waals surface area contributed by atoms with Crippen LogP contribution in [0.2, 0.25) is 0 Å². The number of hydrogen-bond donors (Lipinski definition) is 3. The fourth-order valence-corrected chi connectivity index (χ4v) is 0. The van der Waals surface area contributed by atoms with E-state index in [-0.39, 0.29) is 18.5 Å². The van der Waals surface area contributed by atoms with Gasteiger partial charge in [-0.25, -0.2) is 0 Å². The maximum Gasteiger partial charge on any atom is 0.0311 e. The Balaban J connectivity index is -0.0000000267. The van der Waals surface area contributed by atoms with E-state index in [0.717, 1.165) is 0 Å². The molecule has 0 spiro atoms. The zero-order chi connectivity index (χ0) is 9.00. The van der Waals surface area contributed by atoms with Gasteiger partial charge in [0.15, 0.2) is 0 Å². The van der Waals surface area contributed by atoms with Gasteiger partial charge >= 0.3 is 0 Å². The normalized spacial score (nSPS) is 8.92. The van der Waals surface area contributed by atoms with E-state index in [1.807, 2.05) is 0 Å². The van der Waals surface area contributed by atoms with Crippen molar-refractivity contribution in [2.45, 2.75) is 0 Å². The minimum Gasteiger partial charge on any atom is -0.759 e. The Morgan fingerprint density at radius 2 is 0.538 bits per heavy atom. The van der Waals surface area contributed by atoms with Crippen LogP contribution in [0.1, 0.15) is 0 Å². The average molecular weight is 246 g/mol. The van der Waals surface area contributed by atoms with Crippen LogP contribution in [0.4, 0.5) is 0 Å². The van der Waals surface area contributed by atoms with E-state index in [1.165, 1.54) is 0 Å². The molecule has 0 bridgehead atoms. The summed E-state index contributed by atoms with van der Waals surface area (Å²) in [6.07, 6.45) is 0. The van der Waals surface area contributed by atoms with Crippen molar-refractivity contribution >= 4 is 20.8 Å². The third kappa shape index (κ3) is 7450. The van der Waals surface area contributed by atoms with E-state index >= 15 is 0 Å². The van der Waals surface area contributed by atoms with Crippen molar-refractivity contribution in [2.24, 2.45) is 0 Å². The summed E-state index contributed by atoms with van der Waals surface area (Å²) >= 11 is 0. The van der Waals surface area contributed by atoms with E-state index < -0.39 is 20.8 Å². The molecular formula is H12N3O8S2-. The minimum atomic E-state index is -5.17. The summed E-state index contributed by atoms with van der Waals surface area (Å²) in [5, 5.41) is 0. The Morgan fingerprint density at radius 3 is 0.538 bits per heavy atom. The van der Waals surface area contributed by atoms with Crippen molar-refractivity contribution in [3.8, 4) is 0 Å². The first-order chi connectivity index (χ1) is 4.00. The van der Waals surface area contributed by atoms with Crippen LogP contribution in [0, 0.1) is 0 Å². The molecule has 0 heterocycles. The predicted octanol–water partition coefficient (Wildman–Crippen LogP) is -1.55. The van der Waals surface area contributed by atoms with Crippen LogP contribution in [0.25, 0.3) is 0 Å². The molecule has 0 atom stereocenters. The van der Waals surface area contributed by atoms with Crippen LogP contribution in [0.5, 0.6) is 0 Å². The van der Waals surface area contributed by atoms with Crippen LogP contribution in [-0.2, 0) is 20.8 Å². The van der Waals surface area contributed by atoms with Gasteiger partial charge in [-0.05, 0) is 0 Å². The highest BCUT2D eigenvalue weighted by atomic mass is 32.3. The Morgan fingerprint density at radius 1 is 0.538 bits per heavy atom. The van der Waals surface area contributed by atoms with Crippen LogP contribution in [0.15, 0.2) is 0 Å². The molecule has 13 heteroatoms. The highest BCUT2D eigenvalue weighted by Crippen LogP contribution is 1.58. The molecule has 0 saturated heterocycles. The van der Waals surface area contributed by atoms with Gasteiger partial charge in [0, 0.05) is 20.8 Å². The largest absolute Gasteiger partial charge is 0.759 e. The Bertz CT molecular complexity index is 214. The van der Waals surface area contributed by atoms with Crippen molar-refractivity contribution in [2.75, 3.05) is 0 Å². The molecule has 0 aliphatic carbocycles. The second-order valence-corrected chi connectivity index (χ2v) is 2.45. The maximum absolute atomic E-state index is 8.52. The third-order valence-corrected chi connectivity index (χ3v) is 0. The Labute approximate surface area is 75.1 Å². The van der Waals surface area contributed by atoms with Gasteiger partial charge in [-0.15, -0.1) is 0 Å². The first-order valence-corrected chi connectivity index (χ1v) is 4.00. The molecule has 0 rings (SSSR count). The van der Waals surface area contributed by atoms with E-state index in [1.54, 1.807) is 0 Å². The molecule has 88 valence electrons. The lowest BCUT2D eigenvalue weighted by atomic mass is 14.0. The van der Waals surface area contributed by atoms with Crippen LogP contribution in [0.3, 0.4) is 0 Å². The van der Waals surface area contributed by atoms with Crippen molar-refractivity contribution in [1.29, 1.82) is 0 Å². The molecule has 0 fully saturated rings. The maximum atomic E-state index is 8.52. The van der Waals surface area contributed by atoms with Gasteiger partial charge in [0.2, 0.25) is 0 Å². The molecule has 0 saturated carbocycles. The molecule has 0 aromatic rings. The molecule has 0 aromatic heterocycles. The van der Waals surface area contributed by atoms with E-state index in [9.17, 15) is 0 Å². The first kappa shape index (κ1) is 29.3. The fourth-order valence-electron chi connectivity index (χ4n) is 0. The summed E-state index contributed by atoms with van der Waals surface area (Å²) in [4.78, 5) is 0. The molecule has 0 aromatic carbocycles. The fraction of sp³-hybridized carbons (Fsp3) is 0. The molecule has 11 nitrogen and oxygen atoms in total. The lowest BCUT2D eigenvalue weighted by Gasteiger charge is -2.06. The summed E-state index contributed by atoms with van der Waals surface area (Å²) < 4.78 is 68.2. The van der Waals surface area contributed by atoms with Crippen LogP contribution in [-0.4, -0.2) is 35.0 Å². The number of quaternary nitrogens is 3. The van der Waals surface area contributed by atoms with Crippen molar-refractivity contribution in [3.05, 3.63) is 0 Å². The standard InChI is InChI=1S/3H3N.2H2O4S/c;;;2*1-5(2,3)4/h3*1H3;2*(H2,1,2,3,4)/p-1. The van der Waals surface area contributed by atoms with Gasteiger partial charge in [0.05, 0.1) is 0 Å². The SMILES string of the molecule is O=S(=O)([O-])[O-].O=S(=O)([O-])[O-].[NH4+].[NH4+].[NH4+]. The van der Waals surface area contributed by atoms with E-state index in [2.05, 4.69) is 0 Å². The third-order valence-electron chi connectivity index (χ3n) is 0. The second-order valence-electron chi connectivity index (χ2n) is 0.816. The Kier molecular flexibility index (Phi) is 21.9. The summed E-state index contributed by atoms with van der Waals surface area (Å²) in [6, 6.07) is 0. The van der Waals surface area contributed by atoms with E-state index in [4.69, 9.17) is 35.0 Å². The van der Waals surface area contributed by atoms with Crippen molar-refractivity contribution in [3.63, 3.8) is 0 Å². The lowest BCUT2D eigenvalue weighted by Crippen LogP contribution is -1.91. The summed E-state index contributed by atoms with van der Waals surface area (Å²) in [5.41, 5.74) is 0. The summed E-state index contributed by atoms with van der Waals surface area (Å²) in [5.74, 6) is 0. The average Bonchev–Trinajstić information content (AvgIpc) is 1.12. The van der Waals surface area contributed by atoms with Gasteiger partial charge in [-0.2, -0.15) is 0 Å². The monoisotopic (exact) mass is 246 g/mol. The van der Waals surface area contributed by atoms with Gasteiger partial charge in [-0.1, -0.05) is 0 Å². The van der Waals surface area contributed by atoms with Gasteiger partial charge in [-0.3, -0.25) is 16.8 Å². The Hall–Kier alpha value is -0.380. The first-order valence-electron chi connectivity index (χ1n) is 1.33. The van der Waals surface area contributed by atoms with E-state index in [0.29, 0.717) is 0 Å². The zero-order valence-electron chi connectivity index (χ0n) is 7.08. The quantitative estimate of drug-likeness (QED) is 0.331. The predicted molar refractivity (Wildman–Crippen MR) is 38.9 cm³/mol. The lowest BCUT2D eigenvalue weighted by molar-refractivity contribution is 0.350. The molecule has 13 heavy (non-hydrogen) atoms. The molecular weight excluding hydrogens is 234 g/mol. The highest BCUT2D eigenvalue weighted by Gasteiger charge is 1.50. The van der Waals surface area contributed by atoms with Gasteiger partial charge in [0.25, 0.3) is 0 Å². The second kappa shape index (κ2) is 9.71. The van der Waals surface area contributed by atoms with Crippen molar-refractivity contribution in [1.82, 2.24) is 18.5 Å².